The summed E-state index contributed by atoms with van der Waals surface area (Å²) in [5.74, 6) is 1.85. The molecule has 0 atom stereocenters. The zero-order chi connectivity index (χ0) is 25.3. The van der Waals surface area contributed by atoms with Gasteiger partial charge in [0.05, 0.1) is 25.5 Å². The van der Waals surface area contributed by atoms with Crippen molar-refractivity contribution >= 4 is 40.7 Å². The molecule has 1 aromatic heterocycles. The molecule has 0 aliphatic rings. The lowest BCUT2D eigenvalue weighted by atomic mass is 10.2. The molecular formula is C25H24N6O3S2. The highest BCUT2D eigenvalue weighted by Gasteiger charge is 2.19. The number of carbonyl (C=O) groups excluding carboxylic acids is 1. The number of anilines is 1. The second-order valence-corrected chi connectivity index (χ2v) is 8.67. The molecule has 0 saturated carbocycles. The topological polar surface area (TPSA) is 102 Å². The SMILES string of the molecule is COc1ccc(NC(=S)NNC(=O)CSc2nnc(-c3ccccc3OC)n2-c2ccccc2)cc1. The van der Waals surface area contributed by atoms with Crippen LogP contribution < -0.4 is 25.6 Å². The number of thioether (sulfide) groups is 1. The third-order valence-electron chi connectivity index (χ3n) is 4.99. The number of methoxy groups -OCH3 is 2. The second kappa shape index (κ2) is 12.0. The highest BCUT2D eigenvalue weighted by molar-refractivity contribution is 7.99. The van der Waals surface area contributed by atoms with Crippen LogP contribution in [0.2, 0.25) is 0 Å². The van der Waals surface area contributed by atoms with Gasteiger partial charge in [0.15, 0.2) is 16.1 Å². The van der Waals surface area contributed by atoms with Gasteiger partial charge in [0.25, 0.3) is 0 Å². The number of rotatable bonds is 8. The minimum absolute atomic E-state index is 0.0923. The number of benzene rings is 3. The van der Waals surface area contributed by atoms with E-state index in [2.05, 4.69) is 26.4 Å². The van der Waals surface area contributed by atoms with Crippen LogP contribution in [0, 0.1) is 0 Å². The van der Waals surface area contributed by atoms with Crippen molar-refractivity contribution < 1.29 is 14.3 Å². The first-order valence-corrected chi connectivity index (χ1v) is 12.3. The van der Waals surface area contributed by atoms with Crippen LogP contribution in [0.5, 0.6) is 11.5 Å². The fourth-order valence-electron chi connectivity index (χ4n) is 3.31. The molecule has 0 radical (unpaired) electrons. The minimum Gasteiger partial charge on any atom is -0.497 e. The molecule has 0 spiro atoms. The van der Waals surface area contributed by atoms with Gasteiger partial charge in [-0.05, 0) is 60.7 Å². The Morgan fingerprint density at radius 3 is 2.36 bits per heavy atom. The molecule has 1 heterocycles. The number of amides is 1. The van der Waals surface area contributed by atoms with Gasteiger partial charge < -0.3 is 14.8 Å². The van der Waals surface area contributed by atoms with E-state index >= 15 is 0 Å². The Labute approximate surface area is 218 Å². The molecule has 36 heavy (non-hydrogen) atoms. The van der Waals surface area contributed by atoms with E-state index in [1.807, 2.05) is 83.4 Å². The standard InChI is InChI=1S/C25H24N6O3S2/c1-33-19-14-12-17(13-15-19)26-24(35)29-27-22(32)16-36-25-30-28-23(20-10-6-7-11-21(20)34-2)31(25)18-8-4-3-5-9-18/h3-15H,16H2,1-2H3,(H,27,32)(H2,26,29,35). The van der Waals surface area contributed by atoms with Crippen LogP contribution in [0.1, 0.15) is 0 Å². The molecule has 0 aliphatic heterocycles. The van der Waals surface area contributed by atoms with E-state index in [1.54, 1.807) is 14.2 Å². The molecule has 0 fully saturated rings. The number of aromatic nitrogens is 3. The molecule has 0 unspecified atom stereocenters. The second-order valence-electron chi connectivity index (χ2n) is 7.32. The van der Waals surface area contributed by atoms with Crippen LogP contribution in [0.25, 0.3) is 17.1 Å². The summed E-state index contributed by atoms with van der Waals surface area (Å²) in [6.07, 6.45) is 0. The summed E-state index contributed by atoms with van der Waals surface area (Å²) in [6.45, 7) is 0. The Kier molecular flexibility index (Phi) is 8.37. The smallest absolute Gasteiger partial charge is 0.248 e. The first-order valence-electron chi connectivity index (χ1n) is 10.9. The van der Waals surface area contributed by atoms with Gasteiger partial charge >= 0.3 is 0 Å². The molecule has 0 saturated heterocycles. The molecular weight excluding hydrogens is 496 g/mol. The predicted octanol–water partition coefficient (Wildman–Crippen LogP) is 4.06. The molecule has 9 nitrogen and oxygen atoms in total. The molecule has 11 heteroatoms. The maximum absolute atomic E-state index is 12.5. The van der Waals surface area contributed by atoms with E-state index in [9.17, 15) is 4.79 Å². The van der Waals surface area contributed by atoms with E-state index in [4.69, 9.17) is 21.7 Å². The van der Waals surface area contributed by atoms with Crippen molar-refractivity contribution in [1.82, 2.24) is 25.6 Å². The maximum Gasteiger partial charge on any atom is 0.248 e. The van der Waals surface area contributed by atoms with E-state index in [0.717, 1.165) is 22.7 Å². The Bertz CT molecular complexity index is 1330. The summed E-state index contributed by atoms with van der Waals surface area (Å²) in [6, 6.07) is 24.6. The van der Waals surface area contributed by atoms with Gasteiger partial charge in [0.2, 0.25) is 5.91 Å². The van der Waals surface area contributed by atoms with Gasteiger partial charge in [-0.3, -0.25) is 20.2 Å². The van der Waals surface area contributed by atoms with Crippen molar-refractivity contribution in [2.45, 2.75) is 5.16 Å². The first kappa shape index (κ1) is 25.0. The van der Waals surface area contributed by atoms with Crippen LogP contribution in [-0.2, 0) is 4.79 Å². The molecule has 3 aromatic carbocycles. The largest absolute Gasteiger partial charge is 0.497 e. The highest BCUT2D eigenvalue weighted by atomic mass is 32.2. The molecule has 4 aromatic rings. The van der Waals surface area contributed by atoms with E-state index in [-0.39, 0.29) is 16.8 Å². The van der Waals surface area contributed by atoms with Crippen molar-refractivity contribution in [3.63, 3.8) is 0 Å². The van der Waals surface area contributed by atoms with Crippen molar-refractivity contribution in [3.8, 4) is 28.6 Å². The highest BCUT2D eigenvalue weighted by Crippen LogP contribution is 2.33. The number of carbonyl (C=O) groups is 1. The van der Waals surface area contributed by atoms with E-state index < -0.39 is 0 Å². The summed E-state index contributed by atoms with van der Waals surface area (Å²) in [5.41, 5.74) is 7.73. The molecule has 0 aliphatic carbocycles. The van der Waals surface area contributed by atoms with Crippen LogP contribution in [-0.4, -0.2) is 45.8 Å². The van der Waals surface area contributed by atoms with E-state index in [1.165, 1.54) is 11.8 Å². The first-order chi connectivity index (χ1) is 17.6. The normalized spacial score (nSPS) is 10.4. The molecule has 0 bridgehead atoms. The average molecular weight is 521 g/mol. The number of ether oxygens (including phenoxy) is 2. The molecule has 184 valence electrons. The Morgan fingerprint density at radius 2 is 1.64 bits per heavy atom. The monoisotopic (exact) mass is 520 g/mol. The number of hydrazine groups is 1. The van der Waals surface area contributed by atoms with Crippen molar-refractivity contribution in [2.75, 3.05) is 25.3 Å². The minimum atomic E-state index is -0.277. The van der Waals surface area contributed by atoms with Gasteiger partial charge in [0.1, 0.15) is 11.5 Å². The molecule has 1 amide bonds. The molecule has 4 rings (SSSR count). The summed E-state index contributed by atoms with van der Waals surface area (Å²) in [7, 11) is 3.22. The summed E-state index contributed by atoms with van der Waals surface area (Å²) in [5, 5.41) is 12.6. The summed E-state index contributed by atoms with van der Waals surface area (Å²) < 4.78 is 12.6. The zero-order valence-electron chi connectivity index (χ0n) is 19.6. The fraction of sp³-hybridized carbons (Fsp3) is 0.120. The fourth-order valence-corrected chi connectivity index (χ4v) is 4.23. The van der Waals surface area contributed by atoms with Crippen LogP contribution in [0.4, 0.5) is 5.69 Å². The lowest BCUT2D eigenvalue weighted by Gasteiger charge is -2.13. The Balaban J connectivity index is 1.42. The van der Waals surface area contributed by atoms with Gasteiger partial charge in [-0.25, -0.2) is 0 Å². The summed E-state index contributed by atoms with van der Waals surface area (Å²) >= 11 is 6.50. The average Bonchev–Trinajstić information content (AvgIpc) is 3.35. The lowest BCUT2D eigenvalue weighted by Crippen LogP contribution is -2.44. The van der Waals surface area contributed by atoms with Crippen LogP contribution in [0.15, 0.2) is 84.0 Å². The quantitative estimate of drug-likeness (QED) is 0.180. The van der Waals surface area contributed by atoms with Gasteiger partial charge in [-0.1, -0.05) is 42.1 Å². The van der Waals surface area contributed by atoms with Crippen LogP contribution >= 0.6 is 24.0 Å². The van der Waals surface area contributed by atoms with Crippen LogP contribution in [0.3, 0.4) is 0 Å². The zero-order valence-corrected chi connectivity index (χ0v) is 21.2. The number of thiocarbonyl (C=S) groups is 1. The third kappa shape index (κ3) is 6.12. The Hall–Kier alpha value is -4.09. The van der Waals surface area contributed by atoms with Crippen molar-refractivity contribution in [3.05, 3.63) is 78.9 Å². The third-order valence-corrected chi connectivity index (χ3v) is 6.12. The maximum atomic E-state index is 12.5. The number of nitrogens with one attached hydrogen (secondary N) is 3. The predicted molar refractivity (Wildman–Crippen MR) is 145 cm³/mol. The lowest BCUT2D eigenvalue weighted by molar-refractivity contribution is -0.119. The van der Waals surface area contributed by atoms with Gasteiger partial charge in [-0.2, -0.15) is 0 Å². The van der Waals surface area contributed by atoms with Gasteiger partial charge in [-0.15, -0.1) is 10.2 Å². The van der Waals surface area contributed by atoms with Crippen molar-refractivity contribution in [1.29, 1.82) is 0 Å². The van der Waals surface area contributed by atoms with E-state index in [0.29, 0.717) is 16.7 Å². The van der Waals surface area contributed by atoms with Gasteiger partial charge in [0, 0.05) is 11.4 Å². The number of para-hydroxylation sites is 2. The summed E-state index contributed by atoms with van der Waals surface area (Å²) in [4.78, 5) is 12.5. The number of hydrogen-bond acceptors (Lipinski definition) is 7. The van der Waals surface area contributed by atoms with Crippen molar-refractivity contribution in [2.24, 2.45) is 0 Å². The Morgan fingerprint density at radius 1 is 0.917 bits per heavy atom. The molecule has 3 N–H and O–H groups in total. The number of nitrogens with zero attached hydrogens (tertiary/aromatic N) is 3. The number of hydrogen-bond donors (Lipinski definition) is 3.